The van der Waals surface area contributed by atoms with E-state index in [9.17, 15) is 19.1 Å². The second-order valence-corrected chi connectivity index (χ2v) is 10.4. The normalized spacial score (nSPS) is 17.7. The Morgan fingerprint density at radius 3 is 2.28 bits per heavy atom. The lowest BCUT2D eigenvalue weighted by molar-refractivity contribution is -0.0353. The quantitative estimate of drug-likeness (QED) is 0.337. The van der Waals surface area contributed by atoms with Crippen molar-refractivity contribution in [3.63, 3.8) is 0 Å². The van der Waals surface area contributed by atoms with Crippen LogP contribution in [0.2, 0.25) is 5.02 Å². The predicted molar refractivity (Wildman–Crippen MR) is 139 cm³/mol. The van der Waals surface area contributed by atoms with Gasteiger partial charge in [0.05, 0.1) is 23.3 Å². The molecule has 0 saturated heterocycles. The first-order valence-electron chi connectivity index (χ1n) is 12.5. The molecule has 0 aliphatic heterocycles. The molecule has 0 spiro atoms. The summed E-state index contributed by atoms with van der Waals surface area (Å²) < 4.78 is 28.5. The highest BCUT2D eigenvalue weighted by atomic mass is 35.5. The van der Waals surface area contributed by atoms with Crippen molar-refractivity contribution in [2.45, 2.75) is 69.1 Å². The molecule has 0 aromatic heterocycles. The van der Waals surface area contributed by atoms with Gasteiger partial charge in [-0.2, -0.15) is 5.26 Å². The molecule has 1 saturated carbocycles. The van der Waals surface area contributed by atoms with E-state index in [1.807, 2.05) is 49.4 Å². The van der Waals surface area contributed by atoms with Crippen LogP contribution in [0.4, 0.5) is 8.78 Å². The lowest BCUT2D eigenvalue weighted by atomic mass is 9.75. The van der Waals surface area contributed by atoms with Crippen molar-refractivity contribution in [3.05, 3.63) is 106 Å². The number of hydrogen-bond donors (Lipinski definition) is 2. The monoisotopic (exact) mass is 508 g/mol. The van der Waals surface area contributed by atoms with Gasteiger partial charge in [-0.05, 0) is 79.3 Å². The molecule has 3 nitrogen and oxygen atoms in total. The van der Waals surface area contributed by atoms with E-state index in [1.165, 1.54) is 12.1 Å². The van der Waals surface area contributed by atoms with Crippen LogP contribution in [-0.2, 0) is 6.42 Å². The van der Waals surface area contributed by atoms with Gasteiger partial charge in [-0.25, -0.2) is 8.78 Å². The van der Waals surface area contributed by atoms with Crippen LogP contribution in [0.1, 0.15) is 73.2 Å². The SMILES string of the molecule is C[C@H](NC(c1cc(F)cc(F)c1)C1(O)CCCCC1)[C@@H](Cc1ccc(Cl)cc1)c1cccc(C#N)c1. The smallest absolute Gasteiger partial charge is 0.126 e. The zero-order valence-corrected chi connectivity index (χ0v) is 21.1. The largest absolute Gasteiger partial charge is 0.388 e. The van der Waals surface area contributed by atoms with E-state index in [-0.39, 0.29) is 12.0 Å². The Balaban J connectivity index is 1.71. The molecule has 0 amide bonds. The van der Waals surface area contributed by atoms with Crippen molar-refractivity contribution in [2.24, 2.45) is 0 Å². The van der Waals surface area contributed by atoms with Gasteiger partial charge >= 0.3 is 0 Å². The minimum absolute atomic E-state index is 0.0763. The van der Waals surface area contributed by atoms with E-state index < -0.39 is 23.3 Å². The first-order valence-corrected chi connectivity index (χ1v) is 12.8. The van der Waals surface area contributed by atoms with Crippen LogP contribution in [0, 0.1) is 23.0 Å². The van der Waals surface area contributed by atoms with Crippen molar-refractivity contribution in [2.75, 3.05) is 0 Å². The molecule has 1 fully saturated rings. The van der Waals surface area contributed by atoms with Crippen LogP contribution in [-0.4, -0.2) is 16.7 Å². The van der Waals surface area contributed by atoms with Crippen molar-refractivity contribution < 1.29 is 13.9 Å². The predicted octanol–water partition coefficient (Wildman–Crippen LogP) is 7.23. The molecule has 4 rings (SSSR count). The fourth-order valence-corrected chi connectivity index (χ4v) is 5.56. The molecular weight excluding hydrogens is 478 g/mol. The van der Waals surface area contributed by atoms with Crippen molar-refractivity contribution in [1.82, 2.24) is 5.32 Å². The molecule has 1 unspecified atom stereocenters. The van der Waals surface area contributed by atoms with E-state index in [1.54, 1.807) is 6.07 Å². The molecule has 2 N–H and O–H groups in total. The maximum absolute atomic E-state index is 14.3. The highest BCUT2D eigenvalue weighted by Crippen LogP contribution is 2.40. The highest BCUT2D eigenvalue weighted by molar-refractivity contribution is 6.30. The van der Waals surface area contributed by atoms with Gasteiger partial charge in [0.1, 0.15) is 11.6 Å². The molecule has 3 aromatic rings. The second kappa shape index (κ2) is 11.5. The number of nitrogens with one attached hydrogen (secondary N) is 1. The number of nitrogens with zero attached hydrogens (tertiary/aromatic N) is 1. The Hall–Kier alpha value is -2.78. The molecule has 0 radical (unpaired) electrons. The van der Waals surface area contributed by atoms with Gasteiger partial charge in [0.2, 0.25) is 0 Å². The molecule has 1 aliphatic carbocycles. The zero-order valence-electron chi connectivity index (χ0n) is 20.4. The van der Waals surface area contributed by atoms with Gasteiger partial charge in [-0.3, -0.25) is 0 Å². The van der Waals surface area contributed by atoms with E-state index >= 15 is 0 Å². The summed E-state index contributed by atoms with van der Waals surface area (Å²) >= 11 is 6.09. The lowest BCUT2D eigenvalue weighted by Crippen LogP contribution is -2.49. The number of hydrogen-bond acceptors (Lipinski definition) is 3. The van der Waals surface area contributed by atoms with Crippen LogP contribution in [0.15, 0.2) is 66.7 Å². The maximum atomic E-state index is 14.3. The van der Waals surface area contributed by atoms with Crippen molar-refractivity contribution in [1.29, 1.82) is 5.26 Å². The van der Waals surface area contributed by atoms with Gasteiger partial charge in [-0.1, -0.05) is 55.1 Å². The molecule has 0 bridgehead atoms. The van der Waals surface area contributed by atoms with Crippen LogP contribution >= 0.6 is 11.6 Å². The maximum Gasteiger partial charge on any atom is 0.126 e. The summed E-state index contributed by atoms with van der Waals surface area (Å²) in [6, 6.07) is 20.0. The van der Waals surface area contributed by atoms with E-state index in [0.29, 0.717) is 35.4 Å². The van der Waals surface area contributed by atoms with Crippen LogP contribution in [0.25, 0.3) is 0 Å². The van der Waals surface area contributed by atoms with Gasteiger partial charge in [0.15, 0.2) is 0 Å². The highest BCUT2D eigenvalue weighted by Gasteiger charge is 2.40. The van der Waals surface area contributed by atoms with Gasteiger partial charge in [0, 0.05) is 23.0 Å². The Bertz CT molecular complexity index is 1200. The minimum Gasteiger partial charge on any atom is -0.388 e. The van der Waals surface area contributed by atoms with Gasteiger partial charge < -0.3 is 10.4 Å². The topological polar surface area (TPSA) is 56.0 Å². The number of halogens is 3. The van der Waals surface area contributed by atoms with Gasteiger partial charge in [-0.15, -0.1) is 0 Å². The van der Waals surface area contributed by atoms with E-state index in [2.05, 4.69) is 11.4 Å². The summed E-state index contributed by atoms with van der Waals surface area (Å²) in [5.74, 6) is -1.40. The van der Waals surface area contributed by atoms with Gasteiger partial charge in [0.25, 0.3) is 0 Å². The average molecular weight is 509 g/mol. The Morgan fingerprint density at radius 1 is 0.972 bits per heavy atom. The molecule has 0 heterocycles. The van der Waals surface area contributed by atoms with E-state index in [0.717, 1.165) is 36.5 Å². The standard InChI is InChI=1S/C30H31ClF2N2O/c1-20(28(15-21-8-10-25(31)11-9-21)23-7-5-6-22(14-23)19-34)35-29(30(36)12-3-2-4-13-30)24-16-26(32)18-27(33)17-24/h5-11,14,16-18,20,28-29,35-36H,2-4,12-13,15H2,1H3/t20-,28+,29?/m0/s1. The Labute approximate surface area is 216 Å². The molecule has 3 aromatic carbocycles. The molecule has 36 heavy (non-hydrogen) atoms. The minimum atomic E-state index is -1.12. The zero-order chi connectivity index (χ0) is 25.7. The van der Waals surface area contributed by atoms with Crippen LogP contribution in [0.5, 0.6) is 0 Å². The Morgan fingerprint density at radius 2 is 1.64 bits per heavy atom. The summed E-state index contributed by atoms with van der Waals surface area (Å²) in [6.45, 7) is 2.02. The second-order valence-electron chi connectivity index (χ2n) is 9.93. The van der Waals surface area contributed by atoms with Crippen molar-refractivity contribution in [3.8, 4) is 6.07 Å². The van der Waals surface area contributed by atoms with Crippen LogP contribution in [0.3, 0.4) is 0 Å². The third-order valence-corrected chi connectivity index (χ3v) is 7.57. The molecular formula is C30H31ClF2N2O. The molecule has 1 aliphatic rings. The molecule has 3 atom stereocenters. The molecule has 6 heteroatoms. The van der Waals surface area contributed by atoms with E-state index in [4.69, 9.17) is 11.6 Å². The summed E-state index contributed by atoms with van der Waals surface area (Å²) in [4.78, 5) is 0. The number of nitriles is 1. The Kier molecular flexibility index (Phi) is 8.41. The average Bonchev–Trinajstić information content (AvgIpc) is 2.86. The third kappa shape index (κ3) is 6.31. The van der Waals surface area contributed by atoms with Crippen LogP contribution < -0.4 is 5.32 Å². The summed E-state index contributed by atoms with van der Waals surface area (Å²) in [7, 11) is 0. The first kappa shape index (κ1) is 26.3. The number of aliphatic hydroxyl groups is 1. The molecule has 188 valence electrons. The first-order chi connectivity index (χ1) is 17.3. The summed E-state index contributed by atoms with van der Waals surface area (Å²) in [5, 5.41) is 25.4. The lowest BCUT2D eigenvalue weighted by Gasteiger charge is -2.42. The number of rotatable bonds is 8. The summed E-state index contributed by atoms with van der Waals surface area (Å²) in [5.41, 5.74) is 1.90. The summed E-state index contributed by atoms with van der Waals surface area (Å²) in [6.07, 6.45) is 4.52. The number of benzene rings is 3. The third-order valence-electron chi connectivity index (χ3n) is 7.32. The fraction of sp³-hybridized carbons (Fsp3) is 0.367. The fourth-order valence-electron chi connectivity index (χ4n) is 5.43. The van der Waals surface area contributed by atoms with Crippen molar-refractivity contribution >= 4 is 11.6 Å².